The molecule has 1 saturated heterocycles. The number of ether oxygens (including phenoxy) is 1. The van der Waals surface area contributed by atoms with Crippen molar-refractivity contribution in [1.29, 1.82) is 0 Å². The van der Waals surface area contributed by atoms with Crippen LogP contribution in [0.1, 0.15) is 6.23 Å². The fraction of sp³-hybridized carbons (Fsp3) is 0.364. The van der Waals surface area contributed by atoms with Gasteiger partial charge in [0.05, 0.1) is 12.9 Å². The first-order valence-corrected chi connectivity index (χ1v) is 5.69. The van der Waals surface area contributed by atoms with Gasteiger partial charge in [-0.2, -0.15) is 0 Å². The lowest BCUT2D eigenvalue weighted by molar-refractivity contribution is -0.0483. The molecule has 19 heavy (non-hydrogen) atoms. The largest absolute Gasteiger partial charge is 0.393 e. The second-order valence-electron chi connectivity index (χ2n) is 4.30. The van der Waals surface area contributed by atoms with Crippen molar-refractivity contribution in [3.05, 3.63) is 24.8 Å². The van der Waals surface area contributed by atoms with Crippen molar-refractivity contribution in [3.63, 3.8) is 0 Å². The molecule has 1 aliphatic heterocycles. The maximum atomic E-state index is 10.1. The van der Waals surface area contributed by atoms with Crippen molar-refractivity contribution in [2.45, 2.75) is 18.4 Å². The van der Waals surface area contributed by atoms with Crippen molar-refractivity contribution in [1.82, 2.24) is 19.5 Å². The van der Waals surface area contributed by atoms with Crippen molar-refractivity contribution in [3.8, 4) is 0 Å². The average Bonchev–Trinajstić information content (AvgIpc) is 2.94. The van der Waals surface area contributed by atoms with Gasteiger partial charge >= 0.3 is 0 Å². The summed E-state index contributed by atoms with van der Waals surface area (Å²) in [7, 11) is 0. The van der Waals surface area contributed by atoms with E-state index < -0.39 is 18.4 Å². The first-order valence-electron chi connectivity index (χ1n) is 5.69. The summed E-state index contributed by atoms with van der Waals surface area (Å²) in [6.45, 7) is 3.48. The van der Waals surface area contributed by atoms with Gasteiger partial charge in [-0.25, -0.2) is 15.0 Å². The van der Waals surface area contributed by atoms with Crippen molar-refractivity contribution in [2.24, 2.45) is 0 Å². The number of nitrogens with zero attached hydrogens (tertiary/aromatic N) is 4. The summed E-state index contributed by atoms with van der Waals surface area (Å²) >= 11 is 0. The summed E-state index contributed by atoms with van der Waals surface area (Å²) in [6.07, 6.45) is 0.512. The Bertz CT molecular complexity index is 640. The maximum Gasteiger partial charge on any atom is 0.167 e. The van der Waals surface area contributed by atoms with Gasteiger partial charge in [-0.3, -0.25) is 4.57 Å². The van der Waals surface area contributed by atoms with E-state index in [0.717, 1.165) is 0 Å². The molecule has 3 atom stereocenters. The van der Waals surface area contributed by atoms with Gasteiger partial charge in [-0.1, -0.05) is 6.58 Å². The molecule has 4 N–H and O–H groups in total. The second kappa shape index (κ2) is 4.26. The molecular formula is C11H13N5O3. The molecule has 0 saturated carbocycles. The number of anilines is 1. The predicted molar refractivity (Wildman–Crippen MR) is 65.9 cm³/mol. The number of imidazole rings is 1. The lowest BCUT2D eigenvalue weighted by Gasteiger charge is -2.15. The molecule has 8 heteroatoms. The van der Waals surface area contributed by atoms with Gasteiger partial charge in [-0.05, 0) is 5.57 Å². The normalized spacial score (nSPS) is 27.3. The highest BCUT2D eigenvalue weighted by atomic mass is 16.5. The first kappa shape index (κ1) is 12.0. The van der Waals surface area contributed by atoms with Crippen LogP contribution in [0.3, 0.4) is 0 Å². The minimum absolute atomic E-state index is 0.240. The Kier molecular flexibility index (Phi) is 2.70. The van der Waals surface area contributed by atoms with Crippen LogP contribution in [-0.4, -0.2) is 48.5 Å². The van der Waals surface area contributed by atoms with E-state index >= 15 is 0 Å². The van der Waals surface area contributed by atoms with E-state index in [2.05, 4.69) is 21.5 Å². The van der Waals surface area contributed by atoms with E-state index in [0.29, 0.717) is 16.7 Å². The SMILES string of the molecule is C=C1[C@@H](O)[C@H](n2cnc3c(N)ncnc32)O[C@@H]1CO. The van der Waals surface area contributed by atoms with Crippen LogP contribution < -0.4 is 5.73 Å². The summed E-state index contributed by atoms with van der Waals surface area (Å²) in [5, 5.41) is 19.3. The molecule has 2 aromatic heterocycles. The standard InChI is InChI=1S/C11H13N5O3/c1-5-6(2-17)19-11(8(5)18)16-4-15-7-9(12)13-3-14-10(7)16/h3-4,6,8,11,17-18H,1-2H2,(H2,12,13,14)/t6-,8-,11-/m1/s1. The Balaban J connectivity index is 2.06. The number of aromatic nitrogens is 4. The highest BCUT2D eigenvalue weighted by Gasteiger charge is 2.39. The third-order valence-corrected chi connectivity index (χ3v) is 3.19. The lowest BCUT2D eigenvalue weighted by atomic mass is 10.1. The smallest absolute Gasteiger partial charge is 0.167 e. The molecule has 0 radical (unpaired) electrons. The van der Waals surface area contributed by atoms with Crippen LogP contribution >= 0.6 is 0 Å². The van der Waals surface area contributed by atoms with E-state index in [1.807, 2.05) is 0 Å². The summed E-state index contributed by atoms with van der Waals surface area (Å²) in [5.41, 5.74) is 7.03. The summed E-state index contributed by atoms with van der Waals surface area (Å²) in [6, 6.07) is 0. The van der Waals surface area contributed by atoms with E-state index in [-0.39, 0.29) is 12.4 Å². The molecule has 8 nitrogen and oxygen atoms in total. The van der Waals surface area contributed by atoms with Gasteiger partial charge in [0.2, 0.25) is 0 Å². The van der Waals surface area contributed by atoms with E-state index in [1.165, 1.54) is 12.7 Å². The number of fused-ring (bicyclic) bond motifs is 1. The molecule has 2 aromatic rings. The zero-order chi connectivity index (χ0) is 13.6. The van der Waals surface area contributed by atoms with Gasteiger partial charge < -0.3 is 20.7 Å². The van der Waals surface area contributed by atoms with Crippen LogP contribution in [0.15, 0.2) is 24.8 Å². The number of nitrogens with two attached hydrogens (primary N) is 1. The Morgan fingerprint density at radius 2 is 2.21 bits per heavy atom. The van der Waals surface area contributed by atoms with Crippen LogP contribution in [0.5, 0.6) is 0 Å². The van der Waals surface area contributed by atoms with Gasteiger partial charge in [0.15, 0.2) is 17.7 Å². The topological polar surface area (TPSA) is 119 Å². The summed E-state index contributed by atoms with van der Waals surface area (Å²) in [5.74, 6) is 0.258. The molecule has 0 bridgehead atoms. The Labute approximate surface area is 108 Å². The van der Waals surface area contributed by atoms with Crippen LogP contribution in [-0.2, 0) is 4.74 Å². The Morgan fingerprint density at radius 3 is 2.89 bits per heavy atom. The highest BCUT2D eigenvalue weighted by molar-refractivity contribution is 5.81. The van der Waals surface area contributed by atoms with Crippen molar-refractivity contribution >= 4 is 17.0 Å². The second-order valence-corrected chi connectivity index (χ2v) is 4.30. The molecule has 1 aliphatic rings. The maximum absolute atomic E-state index is 10.1. The van der Waals surface area contributed by atoms with E-state index in [9.17, 15) is 5.11 Å². The van der Waals surface area contributed by atoms with Crippen LogP contribution in [0.2, 0.25) is 0 Å². The zero-order valence-corrected chi connectivity index (χ0v) is 9.97. The van der Waals surface area contributed by atoms with Gasteiger partial charge in [0, 0.05) is 0 Å². The van der Waals surface area contributed by atoms with Gasteiger partial charge in [0.25, 0.3) is 0 Å². The number of nitrogen functional groups attached to an aromatic ring is 1. The molecule has 0 aliphatic carbocycles. The summed E-state index contributed by atoms with van der Waals surface area (Å²) < 4.78 is 7.10. The number of aliphatic hydroxyl groups excluding tert-OH is 2. The third kappa shape index (κ3) is 1.69. The van der Waals surface area contributed by atoms with Crippen LogP contribution in [0, 0.1) is 0 Å². The van der Waals surface area contributed by atoms with Crippen molar-refractivity contribution < 1.29 is 14.9 Å². The Hall–Kier alpha value is -2.03. The molecule has 100 valence electrons. The molecule has 3 rings (SSSR count). The molecule has 3 heterocycles. The average molecular weight is 263 g/mol. The number of hydrogen-bond donors (Lipinski definition) is 3. The number of rotatable bonds is 2. The first-order chi connectivity index (χ1) is 9.13. The monoisotopic (exact) mass is 263 g/mol. The molecular weight excluding hydrogens is 250 g/mol. The predicted octanol–water partition coefficient (Wildman–Crippen LogP) is -0.785. The number of aliphatic hydroxyl groups is 2. The van der Waals surface area contributed by atoms with E-state index in [1.54, 1.807) is 4.57 Å². The van der Waals surface area contributed by atoms with Crippen molar-refractivity contribution in [2.75, 3.05) is 12.3 Å². The van der Waals surface area contributed by atoms with Gasteiger partial charge in [-0.15, -0.1) is 0 Å². The fourth-order valence-corrected chi connectivity index (χ4v) is 2.14. The molecule has 0 spiro atoms. The molecule has 0 aromatic carbocycles. The minimum Gasteiger partial charge on any atom is -0.393 e. The lowest BCUT2D eigenvalue weighted by Crippen LogP contribution is -2.20. The minimum atomic E-state index is -0.939. The van der Waals surface area contributed by atoms with Crippen LogP contribution in [0.4, 0.5) is 5.82 Å². The van der Waals surface area contributed by atoms with Crippen LogP contribution in [0.25, 0.3) is 11.2 Å². The highest BCUT2D eigenvalue weighted by Crippen LogP contribution is 2.34. The molecule has 1 fully saturated rings. The Morgan fingerprint density at radius 1 is 1.42 bits per heavy atom. The third-order valence-electron chi connectivity index (χ3n) is 3.19. The molecule has 0 unspecified atom stereocenters. The van der Waals surface area contributed by atoms with E-state index in [4.69, 9.17) is 15.6 Å². The number of hydrogen-bond acceptors (Lipinski definition) is 7. The quantitative estimate of drug-likeness (QED) is 0.608. The fourth-order valence-electron chi connectivity index (χ4n) is 2.14. The zero-order valence-electron chi connectivity index (χ0n) is 9.97. The van der Waals surface area contributed by atoms with Gasteiger partial charge in [0.1, 0.15) is 24.1 Å². The molecule has 0 amide bonds. The summed E-state index contributed by atoms with van der Waals surface area (Å²) in [4.78, 5) is 12.0.